The second-order valence-electron chi connectivity index (χ2n) is 8.31. The summed E-state index contributed by atoms with van der Waals surface area (Å²) in [7, 11) is 0. The fourth-order valence-corrected chi connectivity index (χ4v) is 4.35. The van der Waals surface area contributed by atoms with Crippen molar-refractivity contribution in [1.82, 2.24) is 14.6 Å². The second-order valence-corrected chi connectivity index (χ2v) is 8.72. The maximum absolute atomic E-state index is 13.3. The summed E-state index contributed by atoms with van der Waals surface area (Å²) in [6.45, 7) is 10.8. The standard InChI is InChI=1S/C28H24ClN5O/c1-4-19-14-21(5-2)27(35)31-28-30-25-8-6-7-9-26(25)33(28)16-20-11-12-23(29)22(15-20)24-13-10-18(3)34(17-19)32-24/h4-15H,2-3,16-17H2,1H3,(H,30,31,35)/b19-4+,21-14+. The van der Waals surface area contributed by atoms with Crippen LogP contribution >= 0.6 is 11.6 Å². The predicted octanol–water partition coefficient (Wildman–Crippen LogP) is 5.84. The zero-order chi connectivity index (χ0) is 24.5. The first-order valence-corrected chi connectivity index (χ1v) is 11.6. The summed E-state index contributed by atoms with van der Waals surface area (Å²) in [5.74, 6) is 0.176. The van der Waals surface area contributed by atoms with Gasteiger partial charge >= 0.3 is 0 Å². The van der Waals surface area contributed by atoms with E-state index in [0.29, 0.717) is 29.6 Å². The highest BCUT2D eigenvalue weighted by atomic mass is 35.5. The van der Waals surface area contributed by atoms with Crippen LogP contribution in [0.2, 0.25) is 5.02 Å². The van der Waals surface area contributed by atoms with Gasteiger partial charge in [-0.2, -0.15) is 5.10 Å². The van der Waals surface area contributed by atoms with Crippen LogP contribution in [0.15, 0.2) is 108 Å². The van der Waals surface area contributed by atoms with Gasteiger partial charge in [-0.3, -0.25) is 15.1 Å². The van der Waals surface area contributed by atoms with Crippen LogP contribution in [0, 0.1) is 0 Å². The summed E-state index contributed by atoms with van der Waals surface area (Å²) in [5.41, 5.74) is 6.34. The van der Waals surface area contributed by atoms with Crippen molar-refractivity contribution >= 4 is 40.2 Å². The fraction of sp³-hybridized carbons (Fsp3) is 0.107. The Morgan fingerprint density at radius 2 is 1.97 bits per heavy atom. The highest BCUT2D eigenvalue weighted by molar-refractivity contribution is 6.35. The molecule has 174 valence electrons. The molecule has 35 heavy (non-hydrogen) atoms. The molecule has 1 aromatic heterocycles. The summed E-state index contributed by atoms with van der Waals surface area (Å²) < 4.78 is 1.99. The first-order valence-electron chi connectivity index (χ1n) is 11.2. The molecule has 1 N–H and O–H groups in total. The average Bonchev–Trinajstić information content (AvgIpc) is 3.20. The first-order chi connectivity index (χ1) is 17.0. The van der Waals surface area contributed by atoms with Gasteiger partial charge in [0.2, 0.25) is 5.95 Å². The summed E-state index contributed by atoms with van der Waals surface area (Å²) in [5, 5.41) is 10.2. The van der Waals surface area contributed by atoms with Gasteiger partial charge in [-0.15, -0.1) is 0 Å². The number of imidazole rings is 1. The van der Waals surface area contributed by atoms with Gasteiger partial charge in [0.25, 0.3) is 5.91 Å². The molecular formula is C28H24ClN5O. The summed E-state index contributed by atoms with van der Waals surface area (Å²) in [6, 6.07) is 13.7. The van der Waals surface area contributed by atoms with E-state index in [1.165, 1.54) is 0 Å². The Bertz CT molecular complexity index is 1500. The lowest BCUT2D eigenvalue weighted by molar-refractivity contribution is -0.112. The van der Waals surface area contributed by atoms with E-state index in [0.717, 1.165) is 39.1 Å². The number of allylic oxidation sites excluding steroid dienone is 3. The molecule has 3 aromatic rings. The van der Waals surface area contributed by atoms with Crippen molar-refractivity contribution in [2.24, 2.45) is 5.10 Å². The van der Waals surface area contributed by atoms with Crippen molar-refractivity contribution in [3.63, 3.8) is 0 Å². The third-order valence-corrected chi connectivity index (χ3v) is 6.38. The lowest BCUT2D eigenvalue weighted by Gasteiger charge is -2.25. The summed E-state index contributed by atoms with van der Waals surface area (Å²) >= 11 is 6.61. The molecule has 0 unspecified atom stereocenters. The number of carbonyl (C=O) groups excluding carboxylic acids is 1. The monoisotopic (exact) mass is 481 g/mol. The van der Waals surface area contributed by atoms with Crippen LogP contribution in [-0.2, 0) is 11.3 Å². The Balaban J connectivity index is 1.72. The van der Waals surface area contributed by atoms with Crippen molar-refractivity contribution in [2.45, 2.75) is 13.5 Å². The predicted molar refractivity (Wildman–Crippen MR) is 142 cm³/mol. The molecule has 0 spiro atoms. The maximum Gasteiger partial charge on any atom is 0.257 e. The zero-order valence-electron chi connectivity index (χ0n) is 19.3. The van der Waals surface area contributed by atoms with Gasteiger partial charge in [0.05, 0.1) is 40.6 Å². The molecule has 0 radical (unpaired) electrons. The molecule has 0 saturated carbocycles. The van der Waals surface area contributed by atoms with E-state index < -0.39 is 0 Å². The van der Waals surface area contributed by atoms with Crippen LogP contribution < -0.4 is 5.32 Å². The van der Waals surface area contributed by atoms with Gasteiger partial charge < -0.3 is 4.57 Å². The third-order valence-electron chi connectivity index (χ3n) is 6.05. The third kappa shape index (κ3) is 4.36. The largest absolute Gasteiger partial charge is 0.305 e. The summed E-state index contributed by atoms with van der Waals surface area (Å²) in [4.78, 5) is 18.0. The minimum Gasteiger partial charge on any atom is -0.305 e. The number of rotatable bonds is 1. The molecule has 5 rings (SSSR count). The van der Waals surface area contributed by atoms with Crippen LogP contribution in [0.25, 0.3) is 11.0 Å². The van der Waals surface area contributed by atoms with E-state index in [2.05, 4.69) is 18.5 Å². The lowest BCUT2D eigenvalue weighted by Crippen LogP contribution is -2.23. The second kappa shape index (κ2) is 9.24. The number of hydrazone groups is 1. The minimum atomic E-state index is -0.288. The fourth-order valence-electron chi connectivity index (χ4n) is 4.13. The number of carbonyl (C=O) groups is 1. The molecule has 2 aliphatic rings. The van der Waals surface area contributed by atoms with Crippen molar-refractivity contribution < 1.29 is 4.79 Å². The number of fused-ring (bicyclic) bond motifs is 7. The Morgan fingerprint density at radius 1 is 1.14 bits per heavy atom. The van der Waals surface area contributed by atoms with Crippen LogP contribution in [0.3, 0.4) is 0 Å². The average molecular weight is 482 g/mol. The van der Waals surface area contributed by atoms with E-state index in [9.17, 15) is 4.79 Å². The van der Waals surface area contributed by atoms with E-state index in [1.807, 2.05) is 78.3 Å². The number of aromatic nitrogens is 2. The normalized spacial score (nSPS) is 18.8. The SMILES string of the molecule is C=C/C1=C\C(=C/C)CN2N=C(C=CC2=C)c2cc(ccc2Cl)Cn2c(nc3ccccc32)NC1=O. The van der Waals surface area contributed by atoms with Gasteiger partial charge in [-0.05, 0) is 60.6 Å². The van der Waals surface area contributed by atoms with Crippen molar-refractivity contribution in [3.8, 4) is 0 Å². The number of nitrogens with one attached hydrogen (secondary N) is 1. The Hall–Kier alpha value is -4.16. The molecule has 1 amide bonds. The van der Waals surface area contributed by atoms with Crippen molar-refractivity contribution in [3.05, 3.63) is 119 Å². The Kier molecular flexibility index (Phi) is 5.97. The molecule has 0 fully saturated rings. The molecule has 0 saturated heterocycles. The quantitative estimate of drug-likeness (QED) is 0.475. The molecule has 4 bridgehead atoms. The number of amides is 1. The van der Waals surface area contributed by atoms with Gasteiger partial charge in [0, 0.05) is 11.1 Å². The van der Waals surface area contributed by atoms with Gasteiger partial charge in [0.1, 0.15) is 0 Å². The molecule has 7 heteroatoms. The van der Waals surface area contributed by atoms with Crippen LogP contribution in [0.5, 0.6) is 0 Å². The van der Waals surface area contributed by atoms with E-state index >= 15 is 0 Å². The van der Waals surface area contributed by atoms with Gasteiger partial charge in [0.15, 0.2) is 0 Å². The van der Waals surface area contributed by atoms with Crippen molar-refractivity contribution in [1.29, 1.82) is 0 Å². The van der Waals surface area contributed by atoms with Gasteiger partial charge in [-0.1, -0.05) is 55.1 Å². The number of halogens is 1. The highest BCUT2D eigenvalue weighted by Gasteiger charge is 2.19. The summed E-state index contributed by atoms with van der Waals surface area (Å²) in [6.07, 6.45) is 9.14. The number of para-hydroxylation sites is 2. The maximum atomic E-state index is 13.3. The van der Waals surface area contributed by atoms with Crippen molar-refractivity contribution in [2.75, 3.05) is 11.9 Å². The van der Waals surface area contributed by atoms with E-state index in [-0.39, 0.29) is 5.91 Å². The first kappa shape index (κ1) is 22.6. The van der Waals surface area contributed by atoms with Gasteiger partial charge in [-0.25, -0.2) is 4.98 Å². The number of hydrogen-bond acceptors (Lipinski definition) is 4. The topological polar surface area (TPSA) is 62.5 Å². The molecule has 0 aliphatic carbocycles. The Morgan fingerprint density at radius 3 is 2.77 bits per heavy atom. The molecular weight excluding hydrogens is 458 g/mol. The minimum absolute atomic E-state index is 0.288. The number of benzene rings is 2. The number of nitrogens with zero attached hydrogens (tertiary/aromatic N) is 4. The van der Waals surface area contributed by atoms with Crippen LogP contribution in [-0.4, -0.2) is 32.7 Å². The molecule has 2 aliphatic heterocycles. The number of anilines is 1. The smallest absolute Gasteiger partial charge is 0.257 e. The highest BCUT2D eigenvalue weighted by Crippen LogP contribution is 2.27. The zero-order valence-corrected chi connectivity index (χ0v) is 20.1. The lowest BCUT2D eigenvalue weighted by atomic mass is 10.0. The van der Waals surface area contributed by atoms with E-state index in [1.54, 1.807) is 11.1 Å². The van der Waals surface area contributed by atoms with Crippen LogP contribution in [0.1, 0.15) is 18.1 Å². The molecule has 2 aromatic carbocycles. The number of hydrogen-bond donors (Lipinski definition) is 1. The van der Waals surface area contributed by atoms with E-state index in [4.69, 9.17) is 21.7 Å². The van der Waals surface area contributed by atoms with Crippen LogP contribution in [0.4, 0.5) is 5.95 Å². The molecule has 6 nitrogen and oxygen atoms in total. The molecule has 0 atom stereocenters. The Labute approximate surface area is 208 Å². The molecule has 3 heterocycles.